The fraction of sp³-hybridized carbons (Fsp3) is 0.750. The molecule has 7 nitrogen and oxygen atoms in total. The summed E-state index contributed by atoms with van der Waals surface area (Å²) in [5.41, 5.74) is 0. The molecule has 11 heteroatoms. The number of rotatable bonds is 6. The predicted molar refractivity (Wildman–Crippen MR) is 81.9 cm³/mol. The van der Waals surface area contributed by atoms with Crippen molar-refractivity contribution >= 4 is 32.4 Å². The smallest absolute Gasteiger partial charge is 0.291 e. The third-order valence-corrected chi connectivity index (χ3v) is 6.36. The van der Waals surface area contributed by atoms with Crippen LogP contribution in [0.4, 0.5) is 13.9 Å². The van der Waals surface area contributed by atoms with E-state index in [1.54, 1.807) is 6.92 Å². The summed E-state index contributed by atoms with van der Waals surface area (Å²) in [6.45, 7) is 2.29. The van der Waals surface area contributed by atoms with E-state index in [2.05, 4.69) is 15.5 Å². The van der Waals surface area contributed by atoms with Gasteiger partial charge in [-0.1, -0.05) is 18.3 Å². The van der Waals surface area contributed by atoms with Gasteiger partial charge in [0.15, 0.2) is 5.01 Å². The first kappa shape index (κ1) is 18.1. The number of hydrogen-bond acceptors (Lipinski definition) is 6. The van der Waals surface area contributed by atoms with Crippen LogP contribution in [0.2, 0.25) is 0 Å². The van der Waals surface area contributed by atoms with Gasteiger partial charge >= 0.3 is 0 Å². The number of anilines is 1. The molecule has 0 radical (unpaired) electrons. The summed E-state index contributed by atoms with van der Waals surface area (Å²) in [5.74, 6) is -0.886. The van der Waals surface area contributed by atoms with E-state index in [1.807, 2.05) is 0 Å². The molecule has 0 spiro atoms. The SMILES string of the molecule is CCCS(=O)(=O)N1CCCC(C(=O)Nc2nnc(C(F)F)s2)C1. The summed E-state index contributed by atoms with van der Waals surface area (Å²) in [4.78, 5) is 12.2. The third-order valence-electron chi connectivity index (χ3n) is 3.47. The molecular formula is C12H18F2N4O3S2. The Morgan fingerprint density at radius 3 is 2.83 bits per heavy atom. The zero-order valence-electron chi connectivity index (χ0n) is 12.5. The van der Waals surface area contributed by atoms with Gasteiger partial charge in [-0.05, 0) is 19.3 Å². The van der Waals surface area contributed by atoms with Gasteiger partial charge in [0.05, 0.1) is 11.7 Å². The Morgan fingerprint density at radius 2 is 2.22 bits per heavy atom. The maximum Gasteiger partial charge on any atom is 0.291 e. The zero-order valence-corrected chi connectivity index (χ0v) is 14.2. The van der Waals surface area contributed by atoms with Gasteiger partial charge in [0, 0.05) is 13.1 Å². The number of nitrogens with one attached hydrogen (secondary N) is 1. The molecule has 1 amide bonds. The molecular weight excluding hydrogens is 350 g/mol. The Labute approximate surface area is 137 Å². The quantitative estimate of drug-likeness (QED) is 0.827. The Morgan fingerprint density at radius 1 is 1.48 bits per heavy atom. The lowest BCUT2D eigenvalue weighted by Gasteiger charge is -2.30. The zero-order chi connectivity index (χ0) is 17.0. The number of hydrogen-bond donors (Lipinski definition) is 1. The first-order chi connectivity index (χ1) is 10.8. The minimum absolute atomic E-state index is 0.00108. The second-order valence-electron chi connectivity index (χ2n) is 5.25. The molecule has 2 heterocycles. The molecule has 1 unspecified atom stereocenters. The highest BCUT2D eigenvalue weighted by molar-refractivity contribution is 7.89. The van der Waals surface area contributed by atoms with Crippen LogP contribution in [0, 0.1) is 5.92 Å². The van der Waals surface area contributed by atoms with Crippen molar-refractivity contribution in [3.05, 3.63) is 5.01 Å². The van der Waals surface area contributed by atoms with Crippen LogP contribution in [0.25, 0.3) is 0 Å². The van der Waals surface area contributed by atoms with E-state index in [4.69, 9.17) is 0 Å². The molecule has 0 bridgehead atoms. The van der Waals surface area contributed by atoms with Crippen molar-refractivity contribution in [3.63, 3.8) is 0 Å². The molecule has 130 valence electrons. The van der Waals surface area contributed by atoms with Gasteiger partial charge in [-0.3, -0.25) is 4.79 Å². The molecule has 0 saturated carbocycles. The largest absolute Gasteiger partial charge is 0.300 e. The molecule has 1 fully saturated rings. The summed E-state index contributed by atoms with van der Waals surface area (Å²) >= 11 is 0.612. The molecule has 0 aliphatic carbocycles. The van der Waals surface area contributed by atoms with E-state index < -0.39 is 33.3 Å². The number of carbonyl (C=O) groups excluding carboxylic acids is 1. The van der Waals surface area contributed by atoms with Crippen molar-refractivity contribution in [1.82, 2.24) is 14.5 Å². The van der Waals surface area contributed by atoms with Crippen LogP contribution in [0.3, 0.4) is 0 Å². The molecule has 1 saturated heterocycles. The third kappa shape index (κ3) is 4.64. The number of nitrogens with zero attached hydrogens (tertiary/aromatic N) is 3. The van der Waals surface area contributed by atoms with Gasteiger partial charge < -0.3 is 5.32 Å². The maximum absolute atomic E-state index is 12.4. The van der Waals surface area contributed by atoms with E-state index in [9.17, 15) is 22.0 Å². The molecule has 1 aliphatic heterocycles. The fourth-order valence-corrected chi connectivity index (χ4v) is 4.57. The highest BCUT2D eigenvalue weighted by Crippen LogP contribution is 2.26. The fourth-order valence-electron chi connectivity index (χ4n) is 2.38. The van der Waals surface area contributed by atoms with Crippen molar-refractivity contribution in [1.29, 1.82) is 0 Å². The average molecular weight is 368 g/mol. The van der Waals surface area contributed by atoms with E-state index >= 15 is 0 Å². The van der Waals surface area contributed by atoms with Crippen LogP contribution in [0.1, 0.15) is 37.6 Å². The lowest BCUT2D eigenvalue weighted by molar-refractivity contribution is -0.120. The standard InChI is InChI=1S/C12H18F2N4O3S2/c1-2-6-23(20,21)18-5-3-4-8(7-18)10(19)15-12-17-16-11(22-12)9(13)14/h8-9H,2-7H2,1H3,(H,15,17,19). The van der Waals surface area contributed by atoms with Gasteiger partial charge in [-0.2, -0.15) is 0 Å². The second kappa shape index (κ2) is 7.58. The number of piperidine rings is 1. The first-order valence-electron chi connectivity index (χ1n) is 7.23. The minimum atomic E-state index is -3.35. The van der Waals surface area contributed by atoms with Crippen molar-refractivity contribution in [2.24, 2.45) is 5.92 Å². The summed E-state index contributed by atoms with van der Waals surface area (Å²) in [6.07, 6.45) is -1.09. The van der Waals surface area contributed by atoms with E-state index in [0.29, 0.717) is 37.1 Å². The number of alkyl halides is 2. The van der Waals surface area contributed by atoms with Crippen LogP contribution in [0.15, 0.2) is 0 Å². The summed E-state index contributed by atoms with van der Waals surface area (Å²) < 4.78 is 50.4. The van der Waals surface area contributed by atoms with Crippen molar-refractivity contribution in [2.75, 3.05) is 24.2 Å². The minimum Gasteiger partial charge on any atom is -0.300 e. The monoisotopic (exact) mass is 368 g/mol. The average Bonchev–Trinajstić information content (AvgIpc) is 2.96. The Balaban J connectivity index is 1.99. The number of sulfonamides is 1. The molecule has 1 aliphatic rings. The lowest BCUT2D eigenvalue weighted by atomic mass is 9.99. The van der Waals surface area contributed by atoms with Gasteiger partial charge in [-0.25, -0.2) is 21.5 Å². The van der Waals surface area contributed by atoms with Gasteiger partial charge in [0.2, 0.25) is 21.1 Å². The number of carbonyl (C=O) groups is 1. The molecule has 1 atom stereocenters. The van der Waals surface area contributed by atoms with Crippen molar-refractivity contribution in [2.45, 2.75) is 32.6 Å². The van der Waals surface area contributed by atoms with Crippen LogP contribution in [-0.2, 0) is 14.8 Å². The predicted octanol–water partition coefficient (Wildman–Crippen LogP) is 1.87. The second-order valence-corrected chi connectivity index (χ2v) is 8.35. The van der Waals surface area contributed by atoms with Crippen molar-refractivity contribution < 1.29 is 22.0 Å². The molecule has 2 rings (SSSR count). The molecule has 1 aromatic heterocycles. The summed E-state index contributed by atoms with van der Waals surface area (Å²) in [7, 11) is -3.35. The van der Waals surface area contributed by atoms with E-state index in [-0.39, 0.29) is 17.4 Å². The molecule has 23 heavy (non-hydrogen) atoms. The van der Waals surface area contributed by atoms with E-state index in [1.165, 1.54) is 4.31 Å². The van der Waals surface area contributed by atoms with Crippen LogP contribution >= 0.6 is 11.3 Å². The Bertz CT molecular complexity index is 650. The topological polar surface area (TPSA) is 92.3 Å². The van der Waals surface area contributed by atoms with Crippen LogP contribution in [0.5, 0.6) is 0 Å². The van der Waals surface area contributed by atoms with Crippen LogP contribution in [-0.4, -0.2) is 47.7 Å². The number of halogens is 2. The number of aromatic nitrogens is 2. The molecule has 0 aromatic carbocycles. The highest BCUT2D eigenvalue weighted by Gasteiger charge is 2.32. The maximum atomic E-state index is 12.4. The van der Waals surface area contributed by atoms with Gasteiger partial charge in [0.1, 0.15) is 0 Å². The number of amides is 1. The first-order valence-corrected chi connectivity index (χ1v) is 9.66. The van der Waals surface area contributed by atoms with Gasteiger partial charge in [0.25, 0.3) is 6.43 Å². The molecule has 1 aromatic rings. The van der Waals surface area contributed by atoms with Crippen LogP contribution < -0.4 is 5.32 Å². The highest BCUT2D eigenvalue weighted by atomic mass is 32.2. The summed E-state index contributed by atoms with van der Waals surface area (Å²) in [6, 6.07) is 0. The normalized spacial score (nSPS) is 19.9. The van der Waals surface area contributed by atoms with E-state index in [0.717, 1.165) is 0 Å². The van der Waals surface area contributed by atoms with Gasteiger partial charge in [-0.15, -0.1) is 10.2 Å². The Hall–Kier alpha value is -1.20. The summed E-state index contributed by atoms with van der Waals surface area (Å²) in [5, 5.41) is 8.76. The Kier molecular flexibility index (Phi) is 5.98. The van der Waals surface area contributed by atoms with Crippen molar-refractivity contribution in [3.8, 4) is 0 Å². The lowest BCUT2D eigenvalue weighted by Crippen LogP contribution is -2.44. The molecule has 1 N–H and O–H groups in total.